The molecule has 1 atom stereocenters. The van der Waals surface area contributed by atoms with Gasteiger partial charge < -0.3 is 14.5 Å². The number of rotatable bonds is 2. The molecule has 7 nitrogen and oxygen atoms in total. The highest BCUT2D eigenvalue weighted by atomic mass is 16.5. The smallest absolute Gasteiger partial charge is 0.312 e. The zero-order valence-electron chi connectivity index (χ0n) is 14.4. The molecule has 0 spiro atoms. The third kappa shape index (κ3) is 2.52. The molecule has 3 aromatic rings. The van der Waals surface area contributed by atoms with Crippen LogP contribution in [0.15, 0.2) is 34.9 Å². The minimum Gasteiger partial charge on any atom is -0.481 e. The van der Waals surface area contributed by atoms with Gasteiger partial charge in [0.1, 0.15) is 0 Å². The van der Waals surface area contributed by atoms with Crippen molar-refractivity contribution in [2.24, 2.45) is 0 Å². The number of carbonyl (C=O) groups is 2. The Morgan fingerprint density at radius 3 is 2.81 bits per heavy atom. The minimum atomic E-state index is -0.938. The molecule has 4 rings (SSSR count). The first-order valence-electron chi connectivity index (χ1n) is 8.29. The molecule has 2 aromatic heterocycles. The van der Waals surface area contributed by atoms with E-state index in [9.17, 15) is 14.7 Å². The summed E-state index contributed by atoms with van der Waals surface area (Å²) in [5, 5.41) is 14.1. The molecule has 0 radical (unpaired) electrons. The summed E-state index contributed by atoms with van der Waals surface area (Å²) in [5.74, 6) is -1.93. The number of carboxylic acid groups (broad SMARTS) is 1. The molecule has 0 bridgehead atoms. The number of nitrogens with zero attached hydrogens (tertiary/aromatic N) is 3. The molecule has 1 aliphatic rings. The predicted molar refractivity (Wildman–Crippen MR) is 92.8 cm³/mol. The van der Waals surface area contributed by atoms with Gasteiger partial charge in [-0.2, -0.15) is 0 Å². The average molecular weight is 351 g/mol. The fourth-order valence-electron chi connectivity index (χ4n) is 3.53. The van der Waals surface area contributed by atoms with Gasteiger partial charge >= 0.3 is 5.97 Å². The number of aliphatic carboxylic acids is 1. The molecule has 26 heavy (non-hydrogen) atoms. The molecular formula is C19H17N3O4. The fourth-order valence-corrected chi connectivity index (χ4v) is 3.53. The third-order valence-corrected chi connectivity index (χ3v) is 4.76. The summed E-state index contributed by atoms with van der Waals surface area (Å²) in [6.45, 7) is 4.02. The maximum Gasteiger partial charge on any atom is 0.312 e. The van der Waals surface area contributed by atoms with E-state index >= 15 is 0 Å². The van der Waals surface area contributed by atoms with E-state index in [1.54, 1.807) is 24.8 Å². The van der Waals surface area contributed by atoms with Crippen LogP contribution < -0.4 is 0 Å². The van der Waals surface area contributed by atoms with E-state index in [1.807, 2.05) is 24.3 Å². The molecular weight excluding hydrogens is 334 g/mol. The van der Waals surface area contributed by atoms with Gasteiger partial charge in [0.2, 0.25) is 0 Å². The number of hydrogen-bond acceptors (Lipinski definition) is 5. The second-order valence-electron chi connectivity index (χ2n) is 6.53. The molecule has 0 aliphatic carbocycles. The highest BCUT2D eigenvalue weighted by Crippen LogP contribution is 2.31. The summed E-state index contributed by atoms with van der Waals surface area (Å²) >= 11 is 0. The van der Waals surface area contributed by atoms with Gasteiger partial charge in [0.05, 0.1) is 22.6 Å². The average Bonchev–Trinajstić information content (AvgIpc) is 3.00. The number of carbonyl (C=O) groups excluding carboxylic acids is 1. The topological polar surface area (TPSA) is 96.5 Å². The SMILES string of the molecule is Cc1cc(C(=O)N2Cc3ccccc3C(C(=O)O)C2)c2c(C)noc2n1. The molecule has 1 aromatic carbocycles. The van der Waals surface area contributed by atoms with Crippen LogP contribution in [-0.2, 0) is 11.3 Å². The summed E-state index contributed by atoms with van der Waals surface area (Å²) in [6.07, 6.45) is 0. The van der Waals surface area contributed by atoms with E-state index in [-0.39, 0.29) is 12.5 Å². The van der Waals surface area contributed by atoms with Crippen LogP contribution >= 0.6 is 0 Å². The Hall–Kier alpha value is -3.22. The summed E-state index contributed by atoms with van der Waals surface area (Å²) < 4.78 is 5.20. The summed E-state index contributed by atoms with van der Waals surface area (Å²) in [4.78, 5) is 30.8. The van der Waals surface area contributed by atoms with E-state index in [0.717, 1.165) is 11.1 Å². The van der Waals surface area contributed by atoms with Crippen LogP contribution in [0.25, 0.3) is 11.1 Å². The third-order valence-electron chi connectivity index (χ3n) is 4.76. The van der Waals surface area contributed by atoms with Crippen molar-refractivity contribution in [2.45, 2.75) is 26.3 Å². The molecule has 0 saturated heterocycles. The Morgan fingerprint density at radius 1 is 1.27 bits per heavy atom. The van der Waals surface area contributed by atoms with Gasteiger partial charge in [0.25, 0.3) is 11.6 Å². The number of aromatic nitrogens is 2. The van der Waals surface area contributed by atoms with Crippen molar-refractivity contribution in [2.75, 3.05) is 6.54 Å². The van der Waals surface area contributed by atoms with Crippen LogP contribution in [0, 0.1) is 13.8 Å². The van der Waals surface area contributed by atoms with E-state index in [2.05, 4.69) is 10.1 Å². The number of hydrogen-bond donors (Lipinski definition) is 1. The number of fused-ring (bicyclic) bond motifs is 2. The van der Waals surface area contributed by atoms with Crippen molar-refractivity contribution < 1.29 is 19.2 Å². The van der Waals surface area contributed by atoms with Crippen LogP contribution in [-0.4, -0.2) is 38.6 Å². The molecule has 7 heteroatoms. The van der Waals surface area contributed by atoms with Gasteiger partial charge in [-0.3, -0.25) is 9.59 Å². The Labute approximate surface area is 149 Å². The van der Waals surface area contributed by atoms with E-state index in [0.29, 0.717) is 34.6 Å². The highest BCUT2D eigenvalue weighted by Gasteiger charge is 2.33. The molecule has 1 unspecified atom stereocenters. The van der Waals surface area contributed by atoms with Crippen LogP contribution in [0.5, 0.6) is 0 Å². The Kier molecular flexibility index (Phi) is 3.72. The second-order valence-corrected chi connectivity index (χ2v) is 6.53. The first-order valence-corrected chi connectivity index (χ1v) is 8.29. The van der Waals surface area contributed by atoms with Crippen molar-refractivity contribution in [1.82, 2.24) is 15.0 Å². The van der Waals surface area contributed by atoms with E-state index in [1.165, 1.54) is 0 Å². The lowest BCUT2D eigenvalue weighted by molar-refractivity contribution is -0.139. The molecule has 1 N–H and O–H groups in total. The standard InChI is InChI=1S/C19H17N3O4/c1-10-7-14(16-11(2)21-26-17(16)20-10)18(23)22-8-12-5-3-4-6-13(12)15(9-22)19(24)25/h3-7,15H,8-9H2,1-2H3,(H,24,25). The van der Waals surface area contributed by atoms with Crippen LogP contribution in [0.1, 0.15) is 38.8 Å². The van der Waals surface area contributed by atoms with E-state index in [4.69, 9.17) is 4.52 Å². The largest absolute Gasteiger partial charge is 0.481 e. The number of benzene rings is 1. The monoisotopic (exact) mass is 351 g/mol. The van der Waals surface area contributed by atoms with Crippen LogP contribution in [0.3, 0.4) is 0 Å². The van der Waals surface area contributed by atoms with Gasteiger partial charge in [-0.25, -0.2) is 4.98 Å². The molecule has 3 heterocycles. The lowest BCUT2D eigenvalue weighted by atomic mass is 9.89. The first-order chi connectivity index (χ1) is 12.5. The zero-order chi connectivity index (χ0) is 18.4. The van der Waals surface area contributed by atoms with E-state index < -0.39 is 11.9 Å². The number of carboxylic acids is 1. The molecule has 1 amide bonds. The summed E-state index contributed by atoms with van der Waals surface area (Å²) in [6, 6.07) is 9.05. The molecule has 1 aliphatic heterocycles. The van der Waals surface area contributed by atoms with Crippen molar-refractivity contribution >= 4 is 23.0 Å². The van der Waals surface area contributed by atoms with Crippen molar-refractivity contribution in [3.8, 4) is 0 Å². The van der Waals surface area contributed by atoms with Gasteiger partial charge in [0, 0.05) is 18.8 Å². The maximum atomic E-state index is 13.2. The fraction of sp³-hybridized carbons (Fsp3) is 0.263. The van der Waals surface area contributed by atoms with Gasteiger partial charge in [-0.1, -0.05) is 29.4 Å². The number of pyridine rings is 1. The predicted octanol–water partition coefficient (Wildman–Crippen LogP) is 2.66. The summed E-state index contributed by atoms with van der Waals surface area (Å²) in [5.41, 5.74) is 3.60. The highest BCUT2D eigenvalue weighted by molar-refractivity contribution is 6.06. The Bertz CT molecular complexity index is 1040. The quantitative estimate of drug-likeness (QED) is 0.762. The van der Waals surface area contributed by atoms with Gasteiger partial charge in [-0.05, 0) is 31.0 Å². The van der Waals surface area contributed by atoms with Gasteiger partial charge in [-0.15, -0.1) is 0 Å². The minimum absolute atomic E-state index is 0.123. The lowest BCUT2D eigenvalue weighted by Crippen LogP contribution is -2.40. The lowest BCUT2D eigenvalue weighted by Gasteiger charge is -2.33. The number of amides is 1. The Balaban J connectivity index is 1.78. The normalized spacial score (nSPS) is 16.5. The van der Waals surface area contributed by atoms with Crippen LogP contribution in [0.2, 0.25) is 0 Å². The molecule has 0 fully saturated rings. The second kappa shape index (κ2) is 5.94. The van der Waals surface area contributed by atoms with Crippen LogP contribution in [0.4, 0.5) is 0 Å². The number of aryl methyl sites for hydroxylation is 2. The summed E-state index contributed by atoms with van der Waals surface area (Å²) in [7, 11) is 0. The van der Waals surface area contributed by atoms with Crippen molar-refractivity contribution in [3.63, 3.8) is 0 Å². The Morgan fingerprint density at radius 2 is 2.04 bits per heavy atom. The first kappa shape index (κ1) is 16.3. The molecule has 132 valence electrons. The maximum absolute atomic E-state index is 13.2. The van der Waals surface area contributed by atoms with Gasteiger partial charge in [0.15, 0.2) is 0 Å². The van der Waals surface area contributed by atoms with Crippen molar-refractivity contribution in [3.05, 3.63) is 58.4 Å². The van der Waals surface area contributed by atoms with Crippen molar-refractivity contribution in [1.29, 1.82) is 0 Å². The zero-order valence-corrected chi connectivity index (χ0v) is 14.4. The molecule has 0 saturated carbocycles.